The number of hydrogen-bond donors (Lipinski definition) is 2. The Hall–Kier alpha value is -3.41. The number of nitrogens with zero attached hydrogens (tertiary/aromatic N) is 3. The van der Waals surface area contributed by atoms with Crippen LogP contribution in [0.1, 0.15) is 17.7 Å². The lowest BCUT2D eigenvalue weighted by Crippen LogP contribution is -2.13. The molecule has 0 aliphatic carbocycles. The maximum atomic E-state index is 12.1. The SMILES string of the molecule is Cc1cc(N(C)C)nc(Nc2ccc(NC(=O)CCc3ccccc3)cc2)n1. The predicted molar refractivity (Wildman–Crippen MR) is 114 cm³/mol. The summed E-state index contributed by atoms with van der Waals surface area (Å²) >= 11 is 0. The molecule has 0 atom stereocenters. The zero-order valence-electron chi connectivity index (χ0n) is 16.4. The first-order chi connectivity index (χ1) is 13.5. The van der Waals surface area contributed by atoms with Crippen LogP contribution in [0.2, 0.25) is 0 Å². The van der Waals surface area contributed by atoms with Gasteiger partial charge >= 0.3 is 0 Å². The molecule has 0 unspecified atom stereocenters. The highest BCUT2D eigenvalue weighted by Crippen LogP contribution is 2.19. The highest BCUT2D eigenvalue weighted by atomic mass is 16.1. The molecule has 0 fully saturated rings. The van der Waals surface area contributed by atoms with Crippen LogP contribution in [0.4, 0.5) is 23.1 Å². The monoisotopic (exact) mass is 375 g/mol. The van der Waals surface area contributed by atoms with Gasteiger partial charge in [0.25, 0.3) is 0 Å². The minimum Gasteiger partial charge on any atom is -0.363 e. The second-order valence-electron chi connectivity index (χ2n) is 6.82. The van der Waals surface area contributed by atoms with Crippen LogP contribution in [0, 0.1) is 6.92 Å². The number of aryl methyl sites for hydroxylation is 2. The van der Waals surface area contributed by atoms with E-state index in [1.165, 1.54) is 0 Å². The zero-order chi connectivity index (χ0) is 19.9. The fourth-order valence-electron chi connectivity index (χ4n) is 2.73. The standard InChI is InChI=1S/C22H25N5O/c1-16-15-20(27(2)3)26-22(23-16)25-19-12-10-18(11-13-19)24-21(28)14-9-17-7-5-4-6-8-17/h4-8,10-13,15H,9,14H2,1-3H3,(H,24,28)(H,23,25,26). The maximum absolute atomic E-state index is 12.1. The van der Waals surface area contributed by atoms with Crippen molar-refractivity contribution >= 4 is 29.0 Å². The molecule has 2 N–H and O–H groups in total. The summed E-state index contributed by atoms with van der Waals surface area (Å²) in [4.78, 5) is 23.0. The van der Waals surface area contributed by atoms with Crippen molar-refractivity contribution in [2.24, 2.45) is 0 Å². The molecule has 28 heavy (non-hydrogen) atoms. The number of anilines is 4. The first-order valence-corrected chi connectivity index (χ1v) is 9.23. The molecule has 0 bridgehead atoms. The van der Waals surface area contributed by atoms with E-state index in [0.29, 0.717) is 12.4 Å². The normalized spacial score (nSPS) is 10.4. The minimum atomic E-state index is 0.00204. The highest BCUT2D eigenvalue weighted by molar-refractivity contribution is 5.91. The number of carbonyl (C=O) groups excluding carboxylic acids is 1. The van der Waals surface area contributed by atoms with Gasteiger partial charge in [0, 0.05) is 43.7 Å². The van der Waals surface area contributed by atoms with Crippen LogP contribution in [0.25, 0.3) is 0 Å². The van der Waals surface area contributed by atoms with E-state index < -0.39 is 0 Å². The van der Waals surface area contributed by atoms with Gasteiger partial charge in [0.15, 0.2) is 0 Å². The van der Waals surface area contributed by atoms with Crippen molar-refractivity contribution in [1.29, 1.82) is 0 Å². The Morgan fingerprint density at radius 1 is 0.964 bits per heavy atom. The third-order valence-electron chi connectivity index (χ3n) is 4.21. The van der Waals surface area contributed by atoms with Gasteiger partial charge in [0.05, 0.1) is 0 Å². The van der Waals surface area contributed by atoms with Crippen molar-refractivity contribution in [3.63, 3.8) is 0 Å². The van der Waals surface area contributed by atoms with Gasteiger partial charge in [-0.1, -0.05) is 30.3 Å². The number of benzene rings is 2. The summed E-state index contributed by atoms with van der Waals surface area (Å²) in [5.41, 5.74) is 3.68. The summed E-state index contributed by atoms with van der Waals surface area (Å²) < 4.78 is 0. The van der Waals surface area contributed by atoms with Crippen molar-refractivity contribution < 1.29 is 4.79 Å². The van der Waals surface area contributed by atoms with Crippen LogP contribution in [-0.4, -0.2) is 30.0 Å². The second kappa shape index (κ2) is 8.99. The summed E-state index contributed by atoms with van der Waals surface area (Å²) in [6, 6.07) is 19.5. The molecule has 1 aromatic heterocycles. The molecule has 3 aromatic rings. The van der Waals surface area contributed by atoms with E-state index >= 15 is 0 Å². The summed E-state index contributed by atoms with van der Waals surface area (Å²) in [5.74, 6) is 1.39. The highest BCUT2D eigenvalue weighted by Gasteiger charge is 2.06. The quantitative estimate of drug-likeness (QED) is 0.649. The molecule has 1 heterocycles. The van der Waals surface area contributed by atoms with Crippen LogP contribution in [-0.2, 0) is 11.2 Å². The molecule has 6 heteroatoms. The lowest BCUT2D eigenvalue weighted by molar-refractivity contribution is -0.116. The van der Waals surface area contributed by atoms with Gasteiger partial charge < -0.3 is 15.5 Å². The van der Waals surface area contributed by atoms with E-state index in [9.17, 15) is 4.79 Å². The molecule has 3 rings (SSSR count). The van der Waals surface area contributed by atoms with Crippen molar-refractivity contribution in [2.75, 3.05) is 29.6 Å². The molecule has 0 saturated carbocycles. The lowest BCUT2D eigenvalue weighted by Gasteiger charge is -2.14. The number of hydrogen-bond acceptors (Lipinski definition) is 5. The molecule has 144 valence electrons. The van der Waals surface area contributed by atoms with Gasteiger partial charge in [-0.3, -0.25) is 4.79 Å². The average Bonchev–Trinajstić information content (AvgIpc) is 2.68. The number of aromatic nitrogens is 2. The van der Waals surface area contributed by atoms with Crippen LogP contribution >= 0.6 is 0 Å². The second-order valence-corrected chi connectivity index (χ2v) is 6.82. The maximum Gasteiger partial charge on any atom is 0.229 e. The molecular formula is C22H25N5O. The molecule has 0 aliphatic rings. The smallest absolute Gasteiger partial charge is 0.229 e. The van der Waals surface area contributed by atoms with Crippen LogP contribution < -0.4 is 15.5 Å². The molecule has 0 spiro atoms. The Kier molecular flexibility index (Phi) is 6.22. The van der Waals surface area contributed by atoms with Gasteiger partial charge in [-0.15, -0.1) is 0 Å². The van der Waals surface area contributed by atoms with Crippen LogP contribution in [0.15, 0.2) is 60.7 Å². The van der Waals surface area contributed by atoms with Crippen molar-refractivity contribution in [3.05, 3.63) is 71.9 Å². The zero-order valence-corrected chi connectivity index (χ0v) is 16.4. The molecule has 0 radical (unpaired) electrons. The Morgan fingerprint density at radius 3 is 2.32 bits per heavy atom. The largest absolute Gasteiger partial charge is 0.363 e. The van der Waals surface area contributed by atoms with E-state index in [2.05, 4.69) is 20.6 Å². The predicted octanol–water partition coefficient (Wildman–Crippen LogP) is 4.17. The average molecular weight is 375 g/mol. The molecule has 0 aliphatic heterocycles. The Morgan fingerprint density at radius 2 is 1.64 bits per heavy atom. The number of amides is 1. The van der Waals surface area contributed by atoms with E-state index in [-0.39, 0.29) is 5.91 Å². The van der Waals surface area contributed by atoms with Crippen molar-refractivity contribution in [1.82, 2.24) is 9.97 Å². The summed E-state index contributed by atoms with van der Waals surface area (Å²) in [6.07, 6.45) is 1.18. The van der Waals surface area contributed by atoms with Crippen molar-refractivity contribution in [3.8, 4) is 0 Å². The van der Waals surface area contributed by atoms with Gasteiger partial charge in [0.2, 0.25) is 11.9 Å². The molecule has 6 nitrogen and oxygen atoms in total. The van der Waals surface area contributed by atoms with E-state index in [1.807, 2.05) is 86.6 Å². The third kappa shape index (κ3) is 5.54. The van der Waals surface area contributed by atoms with E-state index in [0.717, 1.165) is 34.9 Å². The van der Waals surface area contributed by atoms with Crippen molar-refractivity contribution in [2.45, 2.75) is 19.8 Å². The minimum absolute atomic E-state index is 0.00204. The van der Waals surface area contributed by atoms with Gasteiger partial charge in [-0.25, -0.2) is 4.98 Å². The van der Waals surface area contributed by atoms with Gasteiger partial charge in [-0.2, -0.15) is 4.98 Å². The summed E-state index contributed by atoms with van der Waals surface area (Å²) in [7, 11) is 3.89. The number of carbonyl (C=O) groups is 1. The Bertz CT molecular complexity index is 923. The number of rotatable bonds is 7. The summed E-state index contributed by atoms with van der Waals surface area (Å²) in [5, 5.41) is 6.14. The first kappa shape index (κ1) is 19.4. The molecular weight excluding hydrogens is 350 g/mol. The van der Waals surface area contributed by atoms with E-state index in [1.54, 1.807) is 0 Å². The van der Waals surface area contributed by atoms with Gasteiger partial charge in [-0.05, 0) is 43.2 Å². The van der Waals surface area contributed by atoms with Gasteiger partial charge in [0.1, 0.15) is 5.82 Å². The third-order valence-corrected chi connectivity index (χ3v) is 4.21. The molecule has 1 amide bonds. The van der Waals surface area contributed by atoms with Crippen LogP contribution in [0.5, 0.6) is 0 Å². The Balaban J connectivity index is 1.57. The number of nitrogens with one attached hydrogen (secondary N) is 2. The fraction of sp³-hybridized carbons (Fsp3) is 0.227. The first-order valence-electron chi connectivity index (χ1n) is 9.23. The molecule has 0 saturated heterocycles. The molecule has 2 aromatic carbocycles. The topological polar surface area (TPSA) is 70.2 Å². The van der Waals surface area contributed by atoms with Crippen LogP contribution in [0.3, 0.4) is 0 Å². The Labute approximate surface area is 165 Å². The lowest BCUT2D eigenvalue weighted by atomic mass is 10.1. The summed E-state index contributed by atoms with van der Waals surface area (Å²) in [6.45, 7) is 1.94. The van der Waals surface area contributed by atoms with E-state index in [4.69, 9.17) is 0 Å². The fourth-order valence-corrected chi connectivity index (χ4v) is 2.73.